The van der Waals surface area contributed by atoms with Crippen molar-refractivity contribution in [2.24, 2.45) is 0 Å². The quantitative estimate of drug-likeness (QED) is 0.167. The third-order valence-electron chi connectivity index (χ3n) is 8.43. The molecule has 6 heteroatoms. The van der Waals surface area contributed by atoms with Crippen molar-refractivity contribution in [3.05, 3.63) is 137 Å². The van der Waals surface area contributed by atoms with Crippen molar-refractivity contribution in [3.63, 3.8) is 0 Å². The third kappa shape index (κ3) is 6.36. The Bertz CT molecular complexity index is 2310. The fraction of sp³-hybridized carbons (Fsp3) is 0.167. The van der Waals surface area contributed by atoms with Gasteiger partial charge in [-0.1, -0.05) is 74.2 Å². The van der Waals surface area contributed by atoms with Gasteiger partial charge in [0.1, 0.15) is 11.1 Å². The smallest absolute Gasteiger partial charge is 0.148 e. The molecular weight excluding hydrogens is 787 g/mol. The molecule has 0 saturated heterocycles. The molecule has 0 bridgehead atoms. The van der Waals surface area contributed by atoms with Crippen LogP contribution in [-0.4, -0.2) is 15.0 Å². The number of nitrogens with zero attached hydrogens (tertiary/aromatic N) is 3. The molecule has 4 aromatic carbocycles. The minimum absolute atomic E-state index is 0. The van der Waals surface area contributed by atoms with Crippen LogP contribution in [0.1, 0.15) is 42.5 Å². The summed E-state index contributed by atoms with van der Waals surface area (Å²) in [4.78, 5) is 13.9. The number of benzene rings is 4. The Labute approximate surface area is 299 Å². The minimum Gasteiger partial charge on any atom is -0.498 e. The second kappa shape index (κ2) is 13.6. The van der Waals surface area contributed by atoms with Crippen LogP contribution < -0.4 is 0 Å². The molecule has 0 spiro atoms. The summed E-state index contributed by atoms with van der Waals surface area (Å²) in [6.07, 6.45) is 3.82. The van der Waals surface area contributed by atoms with Gasteiger partial charge in [0.05, 0.1) is 15.3 Å². The fourth-order valence-electron chi connectivity index (χ4n) is 6.20. The minimum atomic E-state index is -0.0429. The van der Waals surface area contributed by atoms with Gasteiger partial charge in [-0.3, -0.25) is 0 Å². The van der Waals surface area contributed by atoms with Crippen LogP contribution in [-0.2, 0) is 25.5 Å². The van der Waals surface area contributed by atoms with E-state index in [9.17, 15) is 0 Å². The molecule has 4 heterocycles. The molecule has 0 saturated carbocycles. The predicted octanol–water partition coefficient (Wildman–Crippen LogP) is 11.5. The van der Waals surface area contributed by atoms with Crippen molar-refractivity contribution in [1.29, 1.82) is 0 Å². The first-order chi connectivity index (χ1) is 22.7. The number of hydrogen-bond donors (Lipinski definition) is 0. The van der Waals surface area contributed by atoms with E-state index in [2.05, 4.69) is 94.2 Å². The summed E-state index contributed by atoms with van der Waals surface area (Å²) in [5.74, 6) is 0. The Morgan fingerprint density at radius 1 is 0.729 bits per heavy atom. The monoisotopic (exact) mass is 822 g/mol. The first-order valence-electron chi connectivity index (χ1n) is 15.8. The molecule has 48 heavy (non-hydrogen) atoms. The Hall–Kier alpha value is -4.48. The molecule has 241 valence electrons. The maximum absolute atomic E-state index is 6.53. The van der Waals surface area contributed by atoms with Crippen molar-refractivity contribution in [1.82, 2.24) is 15.0 Å². The average Bonchev–Trinajstić information content (AvgIpc) is 3.65. The second-order valence-corrected chi connectivity index (χ2v) is 14.1. The topological polar surface area (TPSA) is 51.8 Å². The van der Waals surface area contributed by atoms with Crippen molar-refractivity contribution < 1.29 is 24.5 Å². The van der Waals surface area contributed by atoms with E-state index in [0.29, 0.717) is 0 Å². The molecule has 8 aromatic rings. The van der Waals surface area contributed by atoms with E-state index < -0.39 is 0 Å². The van der Waals surface area contributed by atoms with E-state index in [-0.39, 0.29) is 25.5 Å². The molecule has 0 N–H and O–H groups in total. The van der Waals surface area contributed by atoms with Crippen molar-refractivity contribution in [3.8, 4) is 33.6 Å². The van der Waals surface area contributed by atoms with Crippen LogP contribution >= 0.6 is 11.3 Å². The molecule has 8 rings (SSSR count). The molecule has 1 radical (unpaired) electrons. The molecule has 4 aromatic heterocycles. The molecule has 0 atom stereocenters. The van der Waals surface area contributed by atoms with E-state index in [1.807, 2.05) is 61.7 Å². The van der Waals surface area contributed by atoms with Gasteiger partial charge in [-0.05, 0) is 77.5 Å². The Balaban J connectivity index is 0.000000260. The maximum Gasteiger partial charge on any atom is 0.148 e. The average molecular weight is 822 g/mol. The summed E-state index contributed by atoms with van der Waals surface area (Å²) < 4.78 is 7.67. The van der Waals surface area contributed by atoms with Crippen molar-refractivity contribution in [2.45, 2.75) is 47.0 Å². The van der Waals surface area contributed by atoms with Crippen LogP contribution in [0.2, 0.25) is 0 Å². The molecule has 0 aliphatic rings. The summed E-state index contributed by atoms with van der Waals surface area (Å²) in [5, 5.41) is 3.18. The number of furan rings is 1. The number of fused-ring (bicyclic) bond motifs is 5. The van der Waals surface area contributed by atoms with Crippen LogP contribution in [0.15, 0.2) is 108 Å². The Morgan fingerprint density at radius 2 is 1.50 bits per heavy atom. The Kier molecular flexibility index (Phi) is 9.44. The summed E-state index contributed by atoms with van der Waals surface area (Å²) in [5.41, 5.74) is 12.5. The normalized spacial score (nSPS) is 11.4. The van der Waals surface area contributed by atoms with Crippen LogP contribution in [0.4, 0.5) is 0 Å². The number of aromatic nitrogens is 3. The van der Waals surface area contributed by atoms with Gasteiger partial charge in [-0.25, -0.2) is 4.98 Å². The standard InChI is InChI=1S/C31H27N2OS.C11H8N.Ir/c1-17-9-7-10-18(2)27(17)23-15-25(32-16-24(23)31(4,5)6)22-12-8-11-20-21-13-14-26-28(33-19(3)35-26)30(21)34-29(20)22;1-2-6-10(7-3-1)11-8-4-5-9-12-11;/h7-11,13-16H,1-6H3;1-6,8-9H;/q2*-1;. The van der Waals surface area contributed by atoms with E-state index in [1.165, 1.54) is 27.8 Å². The van der Waals surface area contributed by atoms with E-state index >= 15 is 0 Å². The number of rotatable bonds is 3. The van der Waals surface area contributed by atoms with Crippen LogP contribution in [0.25, 0.3) is 65.8 Å². The summed E-state index contributed by atoms with van der Waals surface area (Å²) in [6, 6.07) is 37.3. The van der Waals surface area contributed by atoms with Gasteiger partial charge >= 0.3 is 0 Å². The molecule has 0 aliphatic heterocycles. The van der Waals surface area contributed by atoms with Crippen molar-refractivity contribution in [2.75, 3.05) is 0 Å². The third-order valence-corrected chi connectivity index (χ3v) is 9.37. The number of hydrogen-bond acceptors (Lipinski definition) is 5. The van der Waals surface area contributed by atoms with Gasteiger partial charge in [0.25, 0.3) is 0 Å². The number of aryl methyl sites for hydroxylation is 3. The molecule has 0 fully saturated rings. The predicted molar refractivity (Wildman–Crippen MR) is 196 cm³/mol. The van der Waals surface area contributed by atoms with E-state index in [4.69, 9.17) is 14.4 Å². The first-order valence-corrected chi connectivity index (χ1v) is 16.6. The van der Waals surface area contributed by atoms with Crippen LogP contribution in [0, 0.1) is 32.9 Å². The molecule has 0 amide bonds. The molecule has 0 unspecified atom stereocenters. The largest absolute Gasteiger partial charge is 0.498 e. The summed E-state index contributed by atoms with van der Waals surface area (Å²) in [7, 11) is 0. The number of thiazole rings is 1. The second-order valence-electron chi connectivity index (χ2n) is 12.8. The molecule has 4 nitrogen and oxygen atoms in total. The van der Waals surface area contributed by atoms with Gasteiger partial charge in [-0.15, -0.1) is 65.4 Å². The summed E-state index contributed by atoms with van der Waals surface area (Å²) >= 11 is 1.69. The Morgan fingerprint density at radius 3 is 2.21 bits per heavy atom. The van der Waals surface area contributed by atoms with Gasteiger partial charge in [-0.2, -0.15) is 0 Å². The maximum atomic E-state index is 6.53. The van der Waals surface area contributed by atoms with Gasteiger partial charge in [0.15, 0.2) is 0 Å². The summed E-state index contributed by atoms with van der Waals surface area (Å²) in [6.45, 7) is 13.1. The van der Waals surface area contributed by atoms with Gasteiger partial charge < -0.3 is 14.4 Å². The van der Waals surface area contributed by atoms with Crippen LogP contribution in [0.5, 0.6) is 0 Å². The zero-order valence-electron chi connectivity index (χ0n) is 27.8. The van der Waals surface area contributed by atoms with Crippen molar-refractivity contribution >= 4 is 43.5 Å². The van der Waals surface area contributed by atoms with E-state index in [1.54, 1.807) is 17.5 Å². The zero-order chi connectivity index (χ0) is 32.7. The SMILES string of the molecule is Cc1nc2c(ccc3c4cc[c-]c(-c5cc(-c6c(C)cccc6C)c(C(C)(C)C)cn5)c4oc32)s1.[Ir].[c-]1ccccc1-c1ccccn1. The van der Waals surface area contributed by atoms with Gasteiger partial charge in [0.2, 0.25) is 0 Å². The molecular formula is C42H35IrN3OS-2. The zero-order valence-corrected chi connectivity index (χ0v) is 31.0. The van der Waals surface area contributed by atoms with E-state index in [0.717, 1.165) is 59.7 Å². The fourth-order valence-corrected chi connectivity index (χ4v) is 7.03. The number of pyridine rings is 2. The first kappa shape index (κ1) is 33.4. The van der Waals surface area contributed by atoms with Gasteiger partial charge in [0, 0.05) is 37.9 Å². The van der Waals surface area contributed by atoms with Crippen LogP contribution in [0.3, 0.4) is 0 Å². The molecule has 0 aliphatic carbocycles.